The first kappa shape index (κ1) is 41.8. The number of carbonyl (C=O) groups excluding carboxylic acids is 3. The maximum Gasteiger partial charge on any atom is 0.408 e. The number of aldehydes is 1. The van der Waals surface area contributed by atoms with E-state index in [2.05, 4.69) is 38.5 Å². The van der Waals surface area contributed by atoms with E-state index in [0.29, 0.717) is 61.9 Å². The van der Waals surface area contributed by atoms with E-state index >= 15 is 0 Å². The van der Waals surface area contributed by atoms with Crippen LogP contribution >= 0.6 is 46.4 Å². The number of nitrogens with one attached hydrogen (secondary N) is 2. The molecule has 50 heavy (non-hydrogen) atoms. The van der Waals surface area contributed by atoms with Crippen molar-refractivity contribution in [1.82, 2.24) is 20.6 Å². The Morgan fingerprint density at radius 2 is 1.38 bits per heavy atom. The van der Waals surface area contributed by atoms with Gasteiger partial charge in [-0.1, -0.05) is 97.7 Å². The molecule has 2 amide bonds. The van der Waals surface area contributed by atoms with Crippen LogP contribution in [0.1, 0.15) is 38.7 Å². The topological polar surface area (TPSA) is 166 Å². The van der Waals surface area contributed by atoms with Crippen molar-refractivity contribution in [2.24, 2.45) is 0 Å². The highest BCUT2D eigenvalue weighted by atomic mass is 35.5. The van der Waals surface area contributed by atoms with E-state index in [-0.39, 0.29) is 19.1 Å². The normalized spacial score (nSPS) is 12.0. The number of carbonyl (C=O) groups is 3. The molecule has 0 bridgehead atoms. The van der Waals surface area contributed by atoms with Crippen molar-refractivity contribution in [2.45, 2.75) is 44.9 Å². The van der Waals surface area contributed by atoms with Crippen molar-refractivity contribution >= 4 is 64.9 Å². The summed E-state index contributed by atoms with van der Waals surface area (Å²) in [5.41, 5.74) is 1.17. The molecule has 0 saturated carbocycles. The Hall–Kier alpha value is -4.33. The van der Waals surface area contributed by atoms with E-state index in [4.69, 9.17) is 60.0 Å². The molecule has 16 heteroatoms. The van der Waals surface area contributed by atoms with Gasteiger partial charge in [-0.2, -0.15) is 0 Å². The number of oxazole rings is 2. The molecular weight excluding hydrogens is 734 g/mol. The lowest BCUT2D eigenvalue weighted by atomic mass is 10.1. The zero-order valence-corrected chi connectivity index (χ0v) is 30.1. The molecule has 268 valence electrons. The summed E-state index contributed by atoms with van der Waals surface area (Å²) >= 11 is 24.2. The summed E-state index contributed by atoms with van der Waals surface area (Å²) in [6.45, 7) is 10.7. The van der Waals surface area contributed by atoms with E-state index in [1.807, 2.05) is 0 Å². The molecule has 0 spiro atoms. The summed E-state index contributed by atoms with van der Waals surface area (Å²) < 4.78 is 20.2. The molecule has 3 atom stereocenters. The molecular formula is C34H36Cl4N4O8. The van der Waals surface area contributed by atoms with Gasteiger partial charge in [0.1, 0.15) is 19.5 Å². The molecule has 0 aliphatic heterocycles. The fraction of sp³-hybridized carbons (Fsp3) is 0.265. The van der Waals surface area contributed by atoms with Crippen LogP contribution in [0.4, 0.5) is 9.59 Å². The minimum atomic E-state index is -1.16. The Bertz CT molecular complexity index is 1640. The summed E-state index contributed by atoms with van der Waals surface area (Å²) in [4.78, 5) is 40.6. The highest BCUT2D eigenvalue weighted by Gasteiger charge is 2.27. The van der Waals surface area contributed by atoms with Crippen LogP contribution in [0, 0.1) is 0 Å². The van der Waals surface area contributed by atoms with Crippen LogP contribution in [-0.2, 0) is 14.3 Å². The molecule has 0 saturated heterocycles. The van der Waals surface area contributed by atoms with Gasteiger partial charge < -0.3 is 38.8 Å². The maximum absolute atomic E-state index is 11.6. The standard InChI is InChI=1S/C17H18Cl2N2O4.C9H5Cl2NO.C8H13NO3/c1-3-8-24-17(23)21-12(4-2)15(22)16-20-9-13(25-16)14-10(18)6-5-7-11(14)19;10-6-2-1-3-7(11)9(6)8-4-12-5-13-8;1-3-5-12-8(11)9-7(4-2)6-10/h3,5-7,9,12,15,22H,1,4,8H2,2H3,(H,21,23);1-5H;3,6-7H,1,4-5H2,2H3,(H,9,11)/t12-,15?;;/m0../s1. The quantitative estimate of drug-likeness (QED) is 0.0883. The maximum atomic E-state index is 11.6. The lowest BCUT2D eigenvalue weighted by Gasteiger charge is -2.20. The van der Waals surface area contributed by atoms with Gasteiger partial charge in [0.25, 0.3) is 0 Å². The van der Waals surface area contributed by atoms with Crippen LogP contribution in [0.15, 0.2) is 89.3 Å². The monoisotopic (exact) mass is 768 g/mol. The van der Waals surface area contributed by atoms with Gasteiger partial charge in [-0.3, -0.25) is 0 Å². The molecule has 0 radical (unpaired) electrons. The third-order valence-electron chi connectivity index (χ3n) is 6.32. The van der Waals surface area contributed by atoms with E-state index < -0.39 is 30.4 Å². The Morgan fingerprint density at radius 3 is 1.82 bits per heavy atom. The minimum Gasteiger partial charge on any atom is -0.445 e. The second kappa shape index (κ2) is 22.4. The predicted octanol–water partition coefficient (Wildman–Crippen LogP) is 8.90. The van der Waals surface area contributed by atoms with Gasteiger partial charge in [-0.15, -0.1) is 0 Å². The Labute approximate surface area is 309 Å². The summed E-state index contributed by atoms with van der Waals surface area (Å²) in [5, 5.41) is 17.3. The van der Waals surface area contributed by atoms with Gasteiger partial charge in [0.15, 0.2) is 24.0 Å². The third-order valence-corrected chi connectivity index (χ3v) is 7.58. The number of hydrogen-bond acceptors (Lipinski definition) is 10. The highest BCUT2D eigenvalue weighted by Crippen LogP contribution is 2.36. The number of aromatic nitrogens is 2. The number of aliphatic hydroxyl groups is 1. The Morgan fingerprint density at radius 1 is 0.860 bits per heavy atom. The number of nitrogens with zero attached hydrogens (tertiary/aromatic N) is 2. The van der Waals surface area contributed by atoms with Gasteiger partial charge in [0.05, 0.1) is 55.7 Å². The largest absolute Gasteiger partial charge is 0.445 e. The fourth-order valence-electron chi connectivity index (χ4n) is 3.81. The van der Waals surface area contributed by atoms with Crippen molar-refractivity contribution in [2.75, 3.05) is 13.2 Å². The zero-order valence-electron chi connectivity index (χ0n) is 27.1. The molecule has 0 fully saturated rings. The number of benzene rings is 2. The van der Waals surface area contributed by atoms with Crippen LogP contribution in [0.5, 0.6) is 0 Å². The highest BCUT2D eigenvalue weighted by molar-refractivity contribution is 6.39. The first-order chi connectivity index (χ1) is 24.0. The summed E-state index contributed by atoms with van der Waals surface area (Å²) in [7, 11) is 0. The van der Waals surface area contributed by atoms with Crippen molar-refractivity contribution in [3.8, 4) is 22.6 Å². The number of amides is 2. The number of hydrogen-bond donors (Lipinski definition) is 3. The molecule has 12 nitrogen and oxygen atoms in total. The lowest BCUT2D eigenvalue weighted by Crippen LogP contribution is -2.39. The first-order valence-corrected chi connectivity index (χ1v) is 16.5. The van der Waals surface area contributed by atoms with E-state index in [1.54, 1.807) is 56.4 Å². The van der Waals surface area contributed by atoms with Gasteiger partial charge in [0, 0.05) is 0 Å². The number of halogens is 4. The molecule has 2 aromatic carbocycles. The van der Waals surface area contributed by atoms with Crippen LogP contribution < -0.4 is 10.6 Å². The van der Waals surface area contributed by atoms with Crippen LogP contribution in [0.25, 0.3) is 22.6 Å². The van der Waals surface area contributed by atoms with Crippen molar-refractivity contribution < 1.29 is 37.8 Å². The van der Waals surface area contributed by atoms with Gasteiger partial charge in [-0.05, 0) is 37.1 Å². The molecule has 2 aromatic heterocycles. The SMILES string of the molecule is C=CCOC(=O)NC(C=O)CC.C=CCOC(=O)N[C@@H](CC)C(O)c1ncc(-c2c(Cl)cccc2Cl)o1.Clc1cccc(Cl)c1-c1cnco1. The van der Waals surface area contributed by atoms with Crippen LogP contribution in [-0.4, -0.2) is 58.8 Å². The lowest BCUT2D eigenvalue weighted by molar-refractivity contribution is -0.109. The summed E-state index contributed by atoms with van der Waals surface area (Å²) in [6, 6.07) is 9.27. The van der Waals surface area contributed by atoms with Crippen LogP contribution in [0.3, 0.4) is 0 Å². The molecule has 0 aliphatic carbocycles. The van der Waals surface area contributed by atoms with Gasteiger partial charge >= 0.3 is 12.2 Å². The van der Waals surface area contributed by atoms with Crippen molar-refractivity contribution in [3.63, 3.8) is 0 Å². The Balaban J connectivity index is 0.000000290. The second-order valence-corrected chi connectivity index (χ2v) is 11.4. The average Bonchev–Trinajstić information content (AvgIpc) is 3.81. The van der Waals surface area contributed by atoms with E-state index in [0.717, 1.165) is 0 Å². The van der Waals surface area contributed by atoms with Gasteiger partial charge in [0.2, 0.25) is 5.89 Å². The van der Waals surface area contributed by atoms with E-state index in [9.17, 15) is 19.5 Å². The third kappa shape index (κ3) is 13.2. The smallest absolute Gasteiger partial charge is 0.408 e. The average molecular weight is 770 g/mol. The van der Waals surface area contributed by atoms with Crippen molar-refractivity contribution in [3.05, 3.63) is 106 Å². The second-order valence-electron chi connectivity index (χ2n) is 9.80. The summed E-state index contributed by atoms with van der Waals surface area (Å²) in [6.07, 6.45) is 6.52. The molecule has 4 aromatic rings. The molecule has 3 N–H and O–H groups in total. The zero-order chi connectivity index (χ0) is 37.1. The molecule has 2 heterocycles. The van der Waals surface area contributed by atoms with Crippen LogP contribution in [0.2, 0.25) is 20.1 Å². The molecule has 2 unspecified atom stereocenters. The number of aliphatic hydroxyl groups excluding tert-OH is 1. The number of alkyl carbamates (subject to hydrolysis) is 2. The number of rotatable bonds is 13. The molecule has 4 rings (SSSR count). The van der Waals surface area contributed by atoms with Gasteiger partial charge in [-0.25, -0.2) is 19.6 Å². The first-order valence-electron chi connectivity index (χ1n) is 15.0. The van der Waals surface area contributed by atoms with Crippen molar-refractivity contribution in [1.29, 1.82) is 0 Å². The Kier molecular flexibility index (Phi) is 18.7. The molecule has 0 aliphatic rings. The summed E-state index contributed by atoms with van der Waals surface area (Å²) in [5.74, 6) is 0.950. The predicted molar refractivity (Wildman–Crippen MR) is 192 cm³/mol. The fourth-order valence-corrected chi connectivity index (χ4v) is 4.98. The van der Waals surface area contributed by atoms with E-state index in [1.165, 1.54) is 24.7 Å². The number of ether oxygens (including phenoxy) is 2. The minimum absolute atomic E-state index is 0.0434.